The lowest BCUT2D eigenvalue weighted by Gasteiger charge is -2.19. The molecule has 2 heterocycles. The number of thioether (sulfide) groups is 1. The van der Waals surface area contributed by atoms with Crippen LogP contribution in [0, 0.1) is 9.77 Å². The summed E-state index contributed by atoms with van der Waals surface area (Å²) in [4.78, 5) is 14.3. The van der Waals surface area contributed by atoms with Gasteiger partial charge in [-0.05, 0) is 49.3 Å². The average Bonchev–Trinajstić information content (AvgIpc) is 2.78. The molecule has 1 saturated heterocycles. The van der Waals surface area contributed by atoms with Gasteiger partial charge in [0.25, 0.3) is 0 Å². The molecule has 4 nitrogen and oxygen atoms in total. The second-order valence-electron chi connectivity index (χ2n) is 5.61. The molecule has 0 atom stereocenters. The van der Waals surface area contributed by atoms with E-state index in [2.05, 4.69) is 5.10 Å². The van der Waals surface area contributed by atoms with Crippen molar-refractivity contribution in [1.82, 2.24) is 14.7 Å². The van der Waals surface area contributed by atoms with Gasteiger partial charge in [0.1, 0.15) is 5.82 Å². The molecule has 0 radical (unpaired) electrons. The fourth-order valence-corrected chi connectivity index (χ4v) is 4.86. The first kappa shape index (κ1) is 17.6. The van der Waals surface area contributed by atoms with E-state index in [1.807, 2.05) is 4.90 Å². The first-order valence-corrected chi connectivity index (χ1v) is 10.1. The minimum Gasteiger partial charge on any atom is -0.342 e. The Morgan fingerprint density at radius 2 is 1.88 bits per heavy atom. The van der Waals surface area contributed by atoms with Crippen LogP contribution < -0.4 is 0 Å². The van der Waals surface area contributed by atoms with Crippen molar-refractivity contribution in [3.05, 3.63) is 34.0 Å². The van der Waals surface area contributed by atoms with E-state index < -0.39 is 0 Å². The zero-order valence-electron chi connectivity index (χ0n) is 13.1. The predicted octanol–water partition coefficient (Wildman–Crippen LogP) is 4.30. The minimum atomic E-state index is -0.293. The third kappa shape index (κ3) is 4.43. The lowest BCUT2D eigenvalue weighted by atomic mass is 10.2. The molecule has 1 aliphatic heterocycles. The highest BCUT2D eigenvalue weighted by Crippen LogP contribution is 2.25. The number of hydrogen-bond acceptors (Lipinski definition) is 5. The van der Waals surface area contributed by atoms with Crippen LogP contribution in [0.5, 0.6) is 0 Å². The van der Waals surface area contributed by atoms with Gasteiger partial charge in [-0.25, -0.2) is 9.07 Å². The Bertz CT molecular complexity index is 749. The van der Waals surface area contributed by atoms with Gasteiger partial charge in [0.15, 0.2) is 8.29 Å². The van der Waals surface area contributed by atoms with Gasteiger partial charge in [-0.15, -0.1) is 5.10 Å². The van der Waals surface area contributed by atoms with Gasteiger partial charge in [-0.1, -0.05) is 35.9 Å². The van der Waals surface area contributed by atoms with Crippen LogP contribution in [-0.4, -0.2) is 39.4 Å². The number of carbonyl (C=O) groups is 1. The number of aromatic nitrogens is 2. The van der Waals surface area contributed by atoms with Crippen LogP contribution in [0.1, 0.15) is 25.7 Å². The van der Waals surface area contributed by atoms with Crippen LogP contribution in [0.4, 0.5) is 4.39 Å². The molecule has 24 heavy (non-hydrogen) atoms. The lowest BCUT2D eigenvalue weighted by Crippen LogP contribution is -2.33. The predicted molar refractivity (Wildman–Crippen MR) is 98.0 cm³/mol. The largest absolute Gasteiger partial charge is 0.342 e. The summed E-state index contributed by atoms with van der Waals surface area (Å²) < 4.78 is 16.0. The molecule has 0 aliphatic carbocycles. The van der Waals surface area contributed by atoms with Gasteiger partial charge in [-0.3, -0.25) is 4.79 Å². The normalized spacial score (nSPS) is 15.3. The van der Waals surface area contributed by atoms with Gasteiger partial charge in [0.05, 0.1) is 11.4 Å². The smallest absolute Gasteiger partial charge is 0.233 e. The van der Waals surface area contributed by atoms with Crippen molar-refractivity contribution in [3.63, 3.8) is 0 Å². The Kier molecular flexibility index (Phi) is 6.02. The summed E-state index contributed by atoms with van der Waals surface area (Å²) in [6.07, 6.45) is 4.60. The SMILES string of the molecule is O=C(CSc1nn(-c2ccc(F)cc2)c(=S)s1)N1CCCCCC1. The molecule has 0 N–H and O–H groups in total. The van der Waals surface area contributed by atoms with E-state index in [0.29, 0.717) is 9.71 Å². The van der Waals surface area contributed by atoms with E-state index in [0.717, 1.165) is 36.0 Å². The highest BCUT2D eigenvalue weighted by Gasteiger charge is 2.16. The summed E-state index contributed by atoms with van der Waals surface area (Å²) in [6, 6.07) is 6.04. The highest BCUT2D eigenvalue weighted by molar-refractivity contribution is 8.01. The second-order valence-corrected chi connectivity index (χ2v) is 8.45. The number of nitrogens with zero attached hydrogens (tertiary/aromatic N) is 3. The van der Waals surface area contributed by atoms with E-state index in [-0.39, 0.29) is 11.7 Å². The van der Waals surface area contributed by atoms with Crippen LogP contribution in [0.15, 0.2) is 28.6 Å². The maximum Gasteiger partial charge on any atom is 0.233 e. The van der Waals surface area contributed by atoms with Crippen LogP contribution in [0.2, 0.25) is 0 Å². The summed E-state index contributed by atoms with van der Waals surface area (Å²) in [5, 5.41) is 4.45. The van der Waals surface area contributed by atoms with Gasteiger partial charge in [-0.2, -0.15) is 0 Å². The third-order valence-electron chi connectivity index (χ3n) is 3.88. The minimum absolute atomic E-state index is 0.163. The number of likely N-dealkylation sites (tertiary alicyclic amines) is 1. The summed E-state index contributed by atoms with van der Waals surface area (Å²) in [5.74, 6) is 0.251. The van der Waals surface area contributed by atoms with Crippen molar-refractivity contribution in [3.8, 4) is 5.69 Å². The Labute approximate surface area is 153 Å². The van der Waals surface area contributed by atoms with E-state index in [1.54, 1.807) is 16.8 Å². The molecule has 0 spiro atoms. The van der Waals surface area contributed by atoms with Crippen molar-refractivity contribution >= 4 is 41.2 Å². The molecule has 0 unspecified atom stereocenters. The molecule has 3 rings (SSSR count). The third-order valence-corrected chi connectivity index (χ3v) is 6.23. The van der Waals surface area contributed by atoms with Crippen LogP contribution in [0.3, 0.4) is 0 Å². The first-order valence-electron chi connectivity index (χ1n) is 7.90. The fraction of sp³-hybridized carbons (Fsp3) is 0.438. The molecular weight excluding hydrogens is 365 g/mol. The van der Waals surface area contributed by atoms with Crippen molar-refractivity contribution in [2.45, 2.75) is 30.0 Å². The van der Waals surface area contributed by atoms with Crippen molar-refractivity contribution in [2.75, 3.05) is 18.8 Å². The van der Waals surface area contributed by atoms with Gasteiger partial charge >= 0.3 is 0 Å². The van der Waals surface area contributed by atoms with Gasteiger partial charge in [0.2, 0.25) is 5.91 Å². The summed E-state index contributed by atoms with van der Waals surface area (Å²) in [5.41, 5.74) is 0.725. The molecule has 0 bridgehead atoms. The fourth-order valence-electron chi connectivity index (χ4n) is 2.60. The standard InChI is InChI=1S/C16H18FN3OS3/c17-12-5-7-13(8-6-12)20-16(22)24-15(18-20)23-11-14(21)19-9-3-1-2-4-10-19/h5-8H,1-4,9-11H2. The molecule has 2 aromatic rings. The summed E-state index contributed by atoms with van der Waals surface area (Å²) in [7, 11) is 0. The Balaban J connectivity index is 1.64. The van der Waals surface area contributed by atoms with E-state index >= 15 is 0 Å². The molecular formula is C16H18FN3OS3. The lowest BCUT2D eigenvalue weighted by molar-refractivity contribution is -0.128. The molecule has 128 valence electrons. The second kappa shape index (κ2) is 8.22. The molecule has 1 amide bonds. The molecule has 1 aromatic heterocycles. The van der Waals surface area contributed by atoms with E-state index in [9.17, 15) is 9.18 Å². The average molecular weight is 384 g/mol. The van der Waals surface area contributed by atoms with Crippen molar-refractivity contribution in [1.29, 1.82) is 0 Å². The first-order chi connectivity index (χ1) is 11.6. The number of hydrogen-bond donors (Lipinski definition) is 0. The van der Waals surface area contributed by atoms with Crippen LogP contribution in [0.25, 0.3) is 5.69 Å². The number of benzene rings is 1. The van der Waals surface area contributed by atoms with Crippen molar-refractivity contribution in [2.24, 2.45) is 0 Å². The molecule has 1 fully saturated rings. The maximum atomic E-state index is 13.0. The molecule has 0 saturated carbocycles. The maximum absolute atomic E-state index is 13.0. The monoisotopic (exact) mass is 383 g/mol. The number of carbonyl (C=O) groups excluding carboxylic acids is 1. The van der Waals surface area contributed by atoms with E-state index in [1.165, 1.54) is 48.1 Å². The van der Waals surface area contributed by atoms with Gasteiger partial charge < -0.3 is 4.90 Å². The Hall–Kier alpha value is -1.25. The Morgan fingerprint density at radius 1 is 1.21 bits per heavy atom. The van der Waals surface area contributed by atoms with Crippen LogP contribution in [-0.2, 0) is 4.79 Å². The number of rotatable bonds is 4. The topological polar surface area (TPSA) is 38.1 Å². The number of amides is 1. The van der Waals surface area contributed by atoms with E-state index in [4.69, 9.17) is 12.2 Å². The van der Waals surface area contributed by atoms with Crippen molar-refractivity contribution < 1.29 is 9.18 Å². The molecule has 8 heteroatoms. The zero-order chi connectivity index (χ0) is 16.9. The van der Waals surface area contributed by atoms with Crippen LogP contribution >= 0.6 is 35.3 Å². The van der Waals surface area contributed by atoms with Gasteiger partial charge in [0, 0.05) is 13.1 Å². The summed E-state index contributed by atoms with van der Waals surface area (Å²) in [6.45, 7) is 1.72. The Morgan fingerprint density at radius 3 is 2.54 bits per heavy atom. The zero-order valence-corrected chi connectivity index (χ0v) is 15.6. The number of halogens is 1. The quantitative estimate of drug-likeness (QED) is 0.583. The molecule has 1 aromatic carbocycles. The summed E-state index contributed by atoms with van der Waals surface area (Å²) >= 11 is 8.11. The molecule has 1 aliphatic rings. The highest BCUT2D eigenvalue weighted by atomic mass is 32.2.